The minimum absolute atomic E-state index is 0.452. The van der Waals surface area contributed by atoms with Gasteiger partial charge in [0.15, 0.2) is 0 Å². The molecule has 0 atom stereocenters. The van der Waals surface area contributed by atoms with Crippen molar-refractivity contribution in [1.82, 2.24) is 9.97 Å². The van der Waals surface area contributed by atoms with Gasteiger partial charge in [0.2, 0.25) is 5.88 Å². The first-order valence-corrected chi connectivity index (χ1v) is 4.62. The van der Waals surface area contributed by atoms with Crippen LogP contribution >= 0.6 is 11.6 Å². The van der Waals surface area contributed by atoms with Gasteiger partial charge in [-0.05, 0) is 6.07 Å². The number of nitrogen functional groups attached to an aromatic ring is 1. The number of aromatic nitrogens is 2. The molecule has 2 rings (SSSR count). The Morgan fingerprint density at radius 3 is 2.73 bits per heavy atom. The summed E-state index contributed by atoms with van der Waals surface area (Å²) in [6.45, 7) is 0. The van der Waals surface area contributed by atoms with Crippen LogP contribution in [0.1, 0.15) is 0 Å². The Morgan fingerprint density at radius 2 is 2.07 bits per heavy atom. The van der Waals surface area contributed by atoms with Gasteiger partial charge in [-0.1, -0.05) is 11.6 Å². The van der Waals surface area contributed by atoms with Crippen LogP contribution in [0.4, 0.5) is 5.69 Å². The minimum Gasteiger partial charge on any atom is -0.437 e. The van der Waals surface area contributed by atoms with E-state index in [1.165, 1.54) is 12.4 Å². The molecule has 5 heteroatoms. The van der Waals surface area contributed by atoms with Crippen LogP contribution in [0.2, 0.25) is 5.02 Å². The zero-order valence-corrected chi connectivity index (χ0v) is 8.48. The van der Waals surface area contributed by atoms with Gasteiger partial charge >= 0.3 is 0 Å². The molecule has 0 aliphatic carbocycles. The normalized spacial score (nSPS) is 9.93. The second-order valence-electron chi connectivity index (χ2n) is 2.87. The van der Waals surface area contributed by atoms with E-state index >= 15 is 0 Å². The smallest absolute Gasteiger partial charge is 0.219 e. The summed E-state index contributed by atoms with van der Waals surface area (Å²) in [5, 5.41) is 0.517. The highest BCUT2D eigenvalue weighted by Crippen LogP contribution is 2.21. The number of hydrogen-bond acceptors (Lipinski definition) is 4. The molecule has 0 amide bonds. The molecule has 2 heterocycles. The van der Waals surface area contributed by atoms with E-state index in [0.29, 0.717) is 22.3 Å². The van der Waals surface area contributed by atoms with Crippen molar-refractivity contribution in [3.8, 4) is 11.6 Å². The van der Waals surface area contributed by atoms with Gasteiger partial charge in [-0.2, -0.15) is 0 Å². The van der Waals surface area contributed by atoms with Crippen molar-refractivity contribution in [3.05, 3.63) is 41.8 Å². The van der Waals surface area contributed by atoms with Gasteiger partial charge in [0, 0.05) is 18.3 Å². The van der Waals surface area contributed by atoms with E-state index < -0.39 is 0 Å². The highest BCUT2D eigenvalue weighted by Gasteiger charge is 1.99. The van der Waals surface area contributed by atoms with Crippen LogP contribution in [0.25, 0.3) is 0 Å². The number of pyridine rings is 2. The number of ether oxygens (including phenoxy) is 1. The average Bonchev–Trinajstić information content (AvgIpc) is 2.22. The first-order valence-electron chi connectivity index (χ1n) is 4.24. The molecule has 76 valence electrons. The third-order valence-electron chi connectivity index (χ3n) is 1.66. The first-order chi connectivity index (χ1) is 7.24. The Morgan fingerprint density at radius 1 is 1.20 bits per heavy atom. The van der Waals surface area contributed by atoms with E-state index in [-0.39, 0.29) is 0 Å². The van der Waals surface area contributed by atoms with Crippen LogP contribution in [0.15, 0.2) is 36.8 Å². The van der Waals surface area contributed by atoms with Gasteiger partial charge in [-0.3, -0.25) is 4.98 Å². The molecular formula is C10H8ClN3O. The maximum atomic E-state index is 5.75. The minimum atomic E-state index is 0.452. The lowest BCUT2D eigenvalue weighted by Crippen LogP contribution is -1.90. The fourth-order valence-corrected chi connectivity index (χ4v) is 1.18. The SMILES string of the molecule is Nc1ccc(Oc2cncc(Cl)c2)nc1. The molecule has 0 saturated carbocycles. The molecule has 2 N–H and O–H groups in total. The molecule has 0 aromatic carbocycles. The fraction of sp³-hybridized carbons (Fsp3) is 0. The topological polar surface area (TPSA) is 61.0 Å². The molecule has 2 aromatic rings. The third-order valence-corrected chi connectivity index (χ3v) is 1.87. The lowest BCUT2D eigenvalue weighted by atomic mass is 10.4. The van der Waals surface area contributed by atoms with Gasteiger partial charge < -0.3 is 10.5 Å². The van der Waals surface area contributed by atoms with Gasteiger partial charge in [0.05, 0.1) is 23.1 Å². The van der Waals surface area contributed by atoms with E-state index in [9.17, 15) is 0 Å². The van der Waals surface area contributed by atoms with Crippen molar-refractivity contribution < 1.29 is 4.74 Å². The lowest BCUT2D eigenvalue weighted by molar-refractivity contribution is 0.461. The predicted molar refractivity (Wildman–Crippen MR) is 58.0 cm³/mol. The molecule has 4 nitrogen and oxygen atoms in total. The zero-order valence-electron chi connectivity index (χ0n) is 7.72. The first kappa shape index (κ1) is 9.73. The quantitative estimate of drug-likeness (QED) is 0.847. The van der Waals surface area contributed by atoms with E-state index in [1.54, 1.807) is 24.4 Å². The number of rotatable bonds is 2. The fourth-order valence-electron chi connectivity index (χ4n) is 1.02. The molecule has 0 saturated heterocycles. The molecule has 2 aromatic heterocycles. The molecule has 0 aliphatic rings. The zero-order chi connectivity index (χ0) is 10.7. The second-order valence-corrected chi connectivity index (χ2v) is 3.31. The maximum Gasteiger partial charge on any atom is 0.219 e. The summed E-state index contributed by atoms with van der Waals surface area (Å²) in [7, 11) is 0. The van der Waals surface area contributed by atoms with Gasteiger partial charge in [0.25, 0.3) is 0 Å². The van der Waals surface area contributed by atoms with E-state index in [1.807, 2.05) is 0 Å². The molecule has 0 aliphatic heterocycles. The van der Waals surface area contributed by atoms with Gasteiger partial charge in [0.1, 0.15) is 5.75 Å². The number of hydrogen-bond donors (Lipinski definition) is 1. The van der Waals surface area contributed by atoms with E-state index in [0.717, 1.165) is 0 Å². The number of anilines is 1. The highest BCUT2D eigenvalue weighted by molar-refractivity contribution is 6.30. The standard InChI is InChI=1S/C10H8ClN3O/c11-7-3-9(6-13-4-7)15-10-2-1-8(12)5-14-10/h1-6H,12H2. The summed E-state index contributed by atoms with van der Waals surface area (Å²) in [4.78, 5) is 7.87. The van der Waals surface area contributed by atoms with E-state index in [4.69, 9.17) is 22.1 Å². The largest absolute Gasteiger partial charge is 0.437 e. The van der Waals surface area contributed by atoms with Crippen LogP contribution in [0.5, 0.6) is 11.6 Å². The number of halogens is 1. The van der Waals surface area contributed by atoms with Crippen molar-refractivity contribution in [2.24, 2.45) is 0 Å². The Hall–Kier alpha value is -1.81. The van der Waals surface area contributed by atoms with Crippen LogP contribution in [0.3, 0.4) is 0 Å². The van der Waals surface area contributed by atoms with Crippen molar-refractivity contribution in [2.45, 2.75) is 0 Å². The molecule has 0 unspecified atom stereocenters. The van der Waals surface area contributed by atoms with Crippen LogP contribution in [0, 0.1) is 0 Å². The highest BCUT2D eigenvalue weighted by atomic mass is 35.5. The molecule has 15 heavy (non-hydrogen) atoms. The number of nitrogens with zero attached hydrogens (tertiary/aromatic N) is 2. The Labute approximate surface area is 91.7 Å². The summed E-state index contributed by atoms with van der Waals surface area (Å²) >= 11 is 5.75. The van der Waals surface area contributed by atoms with Crippen LogP contribution < -0.4 is 10.5 Å². The summed E-state index contributed by atoms with van der Waals surface area (Å²) in [6.07, 6.45) is 4.61. The van der Waals surface area contributed by atoms with Crippen molar-refractivity contribution in [1.29, 1.82) is 0 Å². The Balaban J connectivity index is 2.18. The Kier molecular flexibility index (Phi) is 2.69. The monoisotopic (exact) mass is 221 g/mol. The van der Waals surface area contributed by atoms with Crippen molar-refractivity contribution >= 4 is 17.3 Å². The molecule has 0 fully saturated rings. The maximum absolute atomic E-state index is 5.75. The predicted octanol–water partition coefficient (Wildman–Crippen LogP) is 2.50. The lowest BCUT2D eigenvalue weighted by Gasteiger charge is -2.03. The number of nitrogens with two attached hydrogens (primary N) is 1. The average molecular weight is 222 g/mol. The Bertz CT molecular complexity index is 458. The molecule has 0 spiro atoms. The third kappa shape index (κ3) is 2.57. The summed E-state index contributed by atoms with van der Waals surface area (Å²) in [6, 6.07) is 5.04. The van der Waals surface area contributed by atoms with E-state index in [2.05, 4.69) is 9.97 Å². The van der Waals surface area contributed by atoms with Crippen LogP contribution in [-0.2, 0) is 0 Å². The van der Waals surface area contributed by atoms with Crippen molar-refractivity contribution in [3.63, 3.8) is 0 Å². The van der Waals surface area contributed by atoms with Gasteiger partial charge in [-0.25, -0.2) is 4.98 Å². The molecular weight excluding hydrogens is 214 g/mol. The summed E-state index contributed by atoms with van der Waals surface area (Å²) in [5.41, 5.74) is 6.08. The van der Waals surface area contributed by atoms with Gasteiger partial charge in [-0.15, -0.1) is 0 Å². The molecule has 0 radical (unpaired) electrons. The second kappa shape index (κ2) is 4.14. The molecule has 0 bridgehead atoms. The van der Waals surface area contributed by atoms with Crippen LogP contribution in [-0.4, -0.2) is 9.97 Å². The summed E-state index contributed by atoms with van der Waals surface area (Å²) < 4.78 is 5.40. The summed E-state index contributed by atoms with van der Waals surface area (Å²) in [5.74, 6) is 0.994. The van der Waals surface area contributed by atoms with Crippen molar-refractivity contribution in [2.75, 3.05) is 5.73 Å².